The number of piperidine rings is 1. The van der Waals surface area contributed by atoms with Gasteiger partial charge in [-0.2, -0.15) is 0 Å². The van der Waals surface area contributed by atoms with Gasteiger partial charge in [0.1, 0.15) is 10.7 Å². The molecule has 2 fully saturated rings. The molecule has 7 heteroatoms. The highest BCUT2D eigenvalue weighted by molar-refractivity contribution is 7.13. The lowest BCUT2D eigenvalue weighted by Gasteiger charge is -2.36. The molecule has 1 aromatic carbocycles. The molecular formula is C20H24ClN3O2S. The summed E-state index contributed by atoms with van der Waals surface area (Å²) in [6.45, 7) is 6.35. The van der Waals surface area contributed by atoms with E-state index in [-0.39, 0.29) is 5.91 Å². The minimum atomic E-state index is 0.0538. The maximum Gasteiger partial charge on any atom is 0.273 e. The van der Waals surface area contributed by atoms with Gasteiger partial charge in [-0.25, -0.2) is 4.98 Å². The second-order valence-electron chi connectivity index (χ2n) is 7.22. The number of ether oxygens (including phenoxy) is 1. The number of carbonyl (C=O) groups excluding carboxylic acids is 1. The van der Waals surface area contributed by atoms with Gasteiger partial charge in [-0.3, -0.25) is 9.69 Å². The number of thiazole rings is 1. The summed E-state index contributed by atoms with van der Waals surface area (Å²) in [5, 5.41) is 3.43. The number of aromatic nitrogens is 1. The predicted octanol–water partition coefficient (Wildman–Crippen LogP) is 3.65. The average Bonchev–Trinajstić information content (AvgIpc) is 3.19. The Hall–Kier alpha value is -1.47. The molecule has 0 spiro atoms. The molecule has 27 heavy (non-hydrogen) atoms. The van der Waals surface area contributed by atoms with Crippen LogP contribution in [0.1, 0.15) is 23.3 Å². The van der Waals surface area contributed by atoms with Gasteiger partial charge in [-0.1, -0.05) is 23.7 Å². The summed E-state index contributed by atoms with van der Waals surface area (Å²) < 4.78 is 5.43. The van der Waals surface area contributed by atoms with E-state index in [1.165, 1.54) is 17.8 Å². The van der Waals surface area contributed by atoms with Gasteiger partial charge >= 0.3 is 0 Å². The first kappa shape index (κ1) is 18.9. The molecule has 0 unspecified atom stereocenters. The molecule has 0 N–H and O–H groups in total. The lowest BCUT2D eigenvalue weighted by molar-refractivity contribution is 0.0223. The molecule has 4 rings (SSSR count). The zero-order chi connectivity index (χ0) is 18.6. The number of hydrogen-bond acceptors (Lipinski definition) is 5. The normalized spacial score (nSPS) is 21.4. The minimum Gasteiger partial charge on any atom is -0.379 e. The molecule has 0 bridgehead atoms. The Morgan fingerprint density at radius 3 is 2.78 bits per heavy atom. The summed E-state index contributed by atoms with van der Waals surface area (Å²) in [6.07, 6.45) is 2.25. The van der Waals surface area contributed by atoms with Gasteiger partial charge in [0.15, 0.2) is 0 Å². The summed E-state index contributed by atoms with van der Waals surface area (Å²) in [5.41, 5.74) is 1.55. The fourth-order valence-corrected chi connectivity index (χ4v) is 4.73. The number of rotatable bonds is 4. The SMILES string of the molecule is O=C(c1csc(-c2ccc(Cl)cc2)n1)N1CCC[C@H](CN2CCOCC2)C1. The van der Waals surface area contributed by atoms with Gasteiger partial charge < -0.3 is 9.64 Å². The lowest BCUT2D eigenvalue weighted by atomic mass is 9.97. The van der Waals surface area contributed by atoms with E-state index in [0.29, 0.717) is 16.6 Å². The van der Waals surface area contributed by atoms with Crippen LogP contribution in [-0.4, -0.2) is 66.6 Å². The molecule has 0 radical (unpaired) electrons. The first-order valence-corrected chi connectivity index (χ1v) is 10.8. The first-order valence-electron chi connectivity index (χ1n) is 9.50. The maximum atomic E-state index is 13.0. The second-order valence-corrected chi connectivity index (χ2v) is 8.51. The van der Waals surface area contributed by atoms with Crippen molar-refractivity contribution in [1.29, 1.82) is 0 Å². The Kier molecular flexibility index (Phi) is 6.08. The Bertz CT molecular complexity index is 774. The fraction of sp³-hybridized carbons (Fsp3) is 0.500. The summed E-state index contributed by atoms with van der Waals surface area (Å²) in [4.78, 5) is 22.0. The van der Waals surface area contributed by atoms with E-state index in [9.17, 15) is 4.79 Å². The molecule has 2 aliphatic heterocycles. The molecule has 5 nitrogen and oxygen atoms in total. The molecule has 1 amide bonds. The largest absolute Gasteiger partial charge is 0.379 e. The fourth-order valence-electron chi connectivity index (χ4n) is 3.81. The van der Waals surface area contributed by atoms with Crippen molar-refractivity contribution in [2.24, 2.45) is 5.92 Å². The van der Waals surface area contributed by atoms with Crippen molar-refractivity contribution < 1.29 is 9.53 Å². The van der Waals surface area contributed by atoms with Gasteiger partial charge in [0, 0.05) is 48.7 Å². The predicted molar refractivity (Wildman–Crippen MR) is 108 cm³/mol. The van der Waals surface area contributed by atoms with Crippen molar-refractivity contribution in [2.45, 2.75) is 12.8 Å². The topological polar surface area (TPSA) is 45.7 Å². The van der Waals surface area contributed by atoms with E-state index >= 15 is 0 Å². The summed E-state index contributed by atoms with van der Waals surface area (Å²) in [6, 6.07) is 7.57. The van der Waals surface area contributed by atoms with Crippen LogP contribution in [0.15, 0.2) is 29.6 Å². The van der Waals surface area contributed by atoms with E-state index in [4.69, 9.17) is 16.3 Å². The van der Waals surface area contributed by atoms with Crippen LogP contribution in [0.4, 0.5) is 0 Å². The van der Waals surface area contributed by atoms with Crippen LogP contribution in [0, 0.1) is 5.92 Å². The Morgan fingerprint density at radius 1 is 1.22 bits per heavy atom. The van der Waals surface area contributed by atoms with Crippen LogP contribution in [0.2, 0.25) is 5.02 Å². The molecule has 0 aliphatic carbocycles. The van der Waals surface area contributed by atoms with Crippen LogP contribution in [0.5, 0.6) is 0 Å². The number of hydrogen-bond donors (Lipinski definition) is 0. The molecule has 2 aliphatic rings. The van der Waals surface area contributed by atoms with Crippen molar-refractivity contribution in [3.63, 3.8) is 0 Å². The average molecular weight is 406 g/mol. The standard InChI is InChI=1S/C20H24ClN3O2S/c21-17-5-3-16(4-6-17)19-22-18(14-27-19)20(25)24-7-1-2-15(13-24)12-23-8-10-26-11-9-23/h3-6,14-15H,1-2,7-13H2/t15-/m1/s1. The Morgan fingerprint density at radius 2 is 2.00 bits per heavy atom. The number of benzene rings is 1. The zero-order valence-corrected chi connectivity index (χ0v) is 16.8. The molecule has 2 aromatic rings. The highest BCUT2D eigenvalue weighted by Gasteiger charge is 2.27. The quantitative estimate of drug-likeness (QED) is 0.778. The molecule has 3 heterocycles. The van der Waals surface area contributed by atoms with Gasteiger partial charge in [-0.15, -0.1) is 11.3 Å². The molecule has 0 saturated carbocycles. The number of morpholine rings is 1. The number of carbonyl (C=O) groups is 1. The van der Waals surface area contributed by atoms with Crippen molar-refractivity contribution in [2.75, 3.05) is 45.9 Å². The van der Waals surface area contributed by atoms with Crippen LogP contribution in [-0.2, 0) is 4.74 Å². The van der Waals surface area contributed by atoms with Crippen molar-refractivity contribution >= 4 is 28.8 Å². The smallest absolute Gasteiger partial charge is 0.273 e. The molecule has 144 valence electrons. The number of halogens is 1. The number of nitrogens with zero attached hydrogens (tertiary/aromatic N) is 3. The number of amides is 1. The second kappa shape index (κ2) is 8.69. The van der Waals surface area contributed by atoms with E-state index < -0.39 is 0 Å². The van der Waals surface area contributed by atoms with Crippen LogP contribution < -0.4 is 0 Å². The highest BCUT2D eigenvalue weighted by Crippen LogP contribution is 2.27. The van der Waals surface area contributed by atoms with Crippen LogP contribution in [0.25, 0.3) is 10.6 Å². The lowest BCUT2D eigenvalue weighted by Crippen LogP contribution is -2.46. The van der Waals surface area contributed by atoms with Gasteiger partial charge in [0.2, 0.25) is 0 Å². The van der Waals surface area contributed by atoms with Crippen LogP contribution >= 0.6 is 22.9 Å². The van der Waals surface area contributed by atoms with Gasteiger partial charge in [-0.05, 0) is 30.9 Å². The van der Waals surface area contributed by atoms with Crippen molar-refractivity contribution in [3.8, 4) is 10.6 Å². The van der Waals surface area contributed by atoms with Crippen LogP contribution in [0.3, 0.4) is 0 Å². The Labute approximate surface area is 168 Å². The Balaban J connectivity index is 1.39. The summed E-state index contributed by atoms with van der Waals surface area (Å²) in [5.74, 6) is 0.591. The van der Waals surface area contributed by atoms with E-state index in [1.54, 1.807) is 0 Å². The highest BCUT2D eigenvalue weighted by atomic mass is 35.5. The third kappa shape index (κ3) is 4.69. The monoisotopic (exact) mass is 405 g/mol. The minimum absolute atomic E-state index is 0.0538. The molecular weight excluding hydrogens is 382 g/mol. The summed E-state index contributed by atoms with van der Waals surface area (Å²) in [7, 11) is 0. The van der Waals surface area contributed by atoms with E-state index in [2.05, 4.69) is 9.88 Å². The van der Waals surface area contributed by atoms with Gasteiger partial charge in [0.25, 0.3) is 5.91 Å². The third-order valence-corrected chi connectivity index (χ3v) is 6.38. The summed E-state index contributed by atoms with van der Waals surface area (Å²) >= 11 is 7.46. The molecule has 2 saturated heterocycles. The first-order chi connectivity index (χ1) is 13.2. The van der Waals surface area contributed by atoms with E-state index in [0.717, 1.165) is 62.9 Å². The zero-order valence-electron chi connectivity index (χ0n) is 15.3. The van der Waals surface area contributed by atoms with Crippen molar-refractivity contribution in [3.05, 3.63) is 40.4 Å². The molecule has 1 aromatic heterocycles. The van der Waals surface area contributed by atoms with Crippen molar-refractivity contribution in [1.82, 2.24) is 14.8 Å². The van der Waals surface area contributed by atoms with Gasteiger partial charge in [0.05, 0.1) is 13.2 Å². The maximum absolute atomic E-state index is 13.0. The molecule has 1 atom stereocenters. The van der Waals surface area contributed by atoms with E-state index in [1.807, 2.05) is 34.5 Å². The number of likely N-dealkylation sites (tertiary alicyclic amines) is 1. The third-order valence-electron chi connectivity index (χ3n) is 5.24.